The Bertz CT molecular complexity index is 254. The van der Waals surface area contributed by atoms with Crippen molar-refractivity contribution in [3.8, 4) is 0 Å². The first kappa shape index (κ1) is 21.5. The molecule has 0 heterocycles. The van der Waals surface area contributed by atoms with Gasteiger partial charge < -0.3 is 9.05 Å². The fourth-order valence-electron chi connectivity index (χ4n) is 1.76. The second-order valence-corrected chi connectivity index (χ2v) is 10.0. The molecule has 128 valence electrons. The van der Waals surface area contributed by atoms with Gasteiger partial charge in [-0.05, 0) is 30.1 Å². The van der Waals surface area contributed by atoms with Gasteiger partial charge in [0, 0.05) is 5.75 Å². The molecule has 0 spiro atoms. The molecule has 0 amide bonds. The first-order valence-electron chi connectivity index (χ1n) is 8.57. The van der Waals surface area contributed by atoms with Gasteiger partial charge >= 0.3 is 6.80 Å². The Morgan fingerprint density at radius 3 is 1.71 bits per heavy atom. The molecule has 3 nitrogen and oxygen atoms in total. The van der Waals surface area contributed by atoms with E-state index in [1.54, 1.807) is 0 Å². The van der Waals surface area contributed by atoms with E-state index in [0.717, 1.165) is 31.4 Å². The van der Waals surface area contributed by atoms with E-state index in [-0.39, 0.29) is 0 Å². The zero-order valence-corrected chi connectivity index (χ0v) is 16.1. The smallest absolute Gasteiger partial charge is 0.301 e. The highest BCUT2D eigenvalue weighted by Crippen LogP contribution is 2.61. The lowest BCUT2D eigenvalue weighted by Gasteiger charge is -2.18. The van der Waals surface area contributed by atoms with Crippen molar-refractivity contribution in [1.82, 2.24) is 0 Å². The van der Waals surface area contributed by atoms with Crippen LogP contribution in [-0.4, -0.2) is 19.0 Å². The summed E-state index contributed by atoms with van der Waals surface area (Å²) in [6.45, 7) is 6.77. The quantitative estimate of drug-likeness (QED) is 0.246. The molecular weight excluding hydrogens is 303 g/mol. The summed E-state index contributed by atoms with van der Waals surface area (Å²) in [5, 5.41) is 0. The van der Waals surface area contributed by atoms with E-state index >= 15 is 0 Å². The molecule has 0 rings (SSSR count). The normalized spacial score (nSPS) is 12.2. The van der Waals surface area contributed by atoms with Crippen LogP contribution in [0.1, 0.15) is 79.1 Å². The zero-order chi connectivity index (χ0) is 16.0. The van der Waals surface area contributed by atoms with Gasteiger partial charge in [0.05, 0.1) is 13.2 Å². The Balaban J connectivity index is 4.04. The standard InChI is InChI=1S/C16H35O3PS/c1-5-7-9-11-13-18-20(17,21-15-16(3)4)19-14-12-10-8-6-2/h16H,5-15H2,1-4H3. The maximum absolute atomic E-state index is 12.7. The Hall–Kier alpha value is 0.500. The summed E-state index contributed by atoms with van der Waals surface area (Å²) in [5.74, 6) is 1.32. The molecule has 0 radical (unpaired) electrons. The number of rotatable bonds is 15. The Morgan fingerprint density at radius 2 is 1.33 bits per heavy atom. The lowest BCUT2D eigenvalue weighted by Crippen LogP contribution is -2.00. The van der Waals surface area contributed by atoms with Crippen LogP contribution in [0.3, 0.4) is 0 Å². The van der Waals surface area contributed by atoms with E-state index in [4.69, 9.17) is 9.05 Å². The van der Waals surface area contributed by atoms with Crippen molar-refractivity contribution in [3.05, 3.63) is 0 Å². The summed E-state index contributed by atoms with van der Waals surface area (Å²) in [6, 6.07) is 0. The fourth-order valence-corrected chi connectivity index (χ4v) is 5.51. The molecule has 0 aromatic heterocycles. The molecule has 0 aromatic rings. The van der Waals surface area contributed by atoms with Gasteiger partial charge in [-0.15, -0.1) is 0 Å². The van der Waals surface area contributed by atoms with Gasteiger partial charge in [-0.2, -0.15) is 0 Å². The van der Waals surface area contributed by atoms with Gasteiger partial charge in [-0.25, -0.2) is 4.57 Å². The van der Waals surface area contributed by atoms with E-state index in [9.17, 15) is 4.57 Å². The molecule has 0 saturated heterocycles. The molecule has 0 aromatic carbocycles. The topological polar surface area (TPSA) is 35.5 Å². The lowest BCUT2D eigenvalue weighted by atomic mass is 10.2. The highest BCUT2D eigenvalue weighted by atomic mass is 32.7. The molecular formula is C16H35O3PS. The van der Waals surface area contributed by atoms with Crippen LogP contribution < -0.4 is 0 Å². The minimum Gasteiger partial charge on any atom is -0.301 e. The second kappa shape index (κ2) is 14.1. The average Bonchev–Trinajstić information content (AvgIpc) is 2.45. The summed E-state index contributed by atoms with van der Waals surface area (Å²) < 4.78 is 24.0. The molecule has 5 heteroatoms. The molecule has 0 N–H and O–H groups in total. The molecule has 21 heavy (non-hydrogen) atoms. The van der Waals surface area contributed by atoms with Crippen LogP contribution in [0.5, 0.6) is 0 Å². The van der Waals surface area contributed by atoms with Crippen LogP contribution in [0.4, 0.5) is 0 Å². The second-order valence-electron chi connectivity index (χ2n) is 5.92. The lowest BCUT2D eigenvalue weighted by molar-refractivity contribution is 0.212. The van der Waals surface area contributed by atoms with Gasteiger partial charge in [0.25, 0.3) is 0 Å². The van der Waals surface area contributed by atoms with Crippen LogP contribution in [0, 0.1) is 5.92 Å². The van der Waals surface area contributed by atoms with Crippen molar-refractivity contribution < 1.29 is 13.6 Å². The molecule has 0 bridgehead atoms. The summed E-state index contributed by atoms with van der Waals surface area (Å²) in [5.41, 5.74) is 0. The SMILES string of the molecule is CCCCCCOP(=O)(OCCCCCC)SCC(C)C. The molecule has 0 saturated carbocycles. The van der Waals surface area contributed by atoms with E-state index in [0.29, 0.717) is 19.1 Å². The summed E-state index contributed by atoms with van der Waals surface area (Å²) >= 11 is 1.37. The number of unbranched alkanes of at least 4 members (excludes halogenated alkanes) is 6. The first-order valence-corrected chi connectivity index (χ1v) is 11.7. The van der Waals surface area contributed by atoms with E-state index in [1.165, 1.54) is 37.1 Å². The van der Waals surface area contributed by atoms with E-state index in [1.807, 2.05) is 0 Å². The highest BCUT2D eigenvalue weighted by Gasteiger charge is 2.25. The van der Waals surface area contributed by atoms with Crippen molar-refractivity contribution >= 4 is 18.2 Å². The third-order valence-corrected chi connectivity index (χ3v) is 7.22. The predicted molar refractivity (Wildman–Crippen MR) is 95.1 cm³/mol. The maximum atomic E-state index is 12.7. The minimum atomic E-state index is -2.95. The molecule has 0 atom stereocenters. The van der Waals surface area contributed by atoms with Crippen LogP contribution in [-0.2, 0) is 13.6 Å². The third kappa shape index (κ3) is 13.9. The number of hydrogen-bond acceptors (Lipinski definition) is 4. The molecule has 0 aliphatic carbocycles. The van der Waals surface area contributed by atoms with Gasteiger partial charge in [0.1, 0.15) is 0 Å². The average molecular weight is 338 g/mol. The van der Waals surface area contributed by atoms with Crippen molar-refractivity contribution in [2.24, 2.45) is 5.92 Å². The third-order valence-electron chi connectivity index (χ3n) is 3.06. The minimum absolute atomic E-state index is 0.496. The van der Waals surface area contributed by atoms with Crippen molar-refractivity contribution in [2.75, 3.05) is 19.0 Å². The van der Waals surface area contributed by atoms with Crippen molar-refractivity contribution in [3.63, 3.8) is 0 Å². The summed E-state index contributed by atoms with van der Waals surface area (Å²) in [6.07, 6.45) is 9.05. The fraction of sp³-hybridized carbons (Fsp3) is 1.00. The van der Waals surface area contributed by atoms with Crippen LogP contribution >= 0.6 is 18.2 Å². The summed E-state index contributed by atoms with van der Waals surface area (Å²) in [4.78, 5) is 0. The zero-order valence-electron chi connectivity index (χ0n) is 14.4. The summed E-state index contributed by atoms with van der Waals surface area (Å²) in [7, 11) is 0. The molecule has 0 aliphatic rings. The Morgan fingerprint density at radius 1 is 0.857 bits per heavy atom. The number of hydrogen-bond donors (Lipinski definition) is 0. The van der Waals surface area contributed by atoms with E-state index < -0.39 is 6.80 Å². The van der Waals surface area contributed by atoms with Crippen LogP contribution in [0.15, 0.2) is 0 Å². The Labute approximate surface area is 136 Å². The molecule has 0 unspecified atom stereocenters. The van der Waals surface area contributed by atoms with Gasteiger partial charge in [0.2, 0.25) is 0 Å². The van der Waals surface area contributed by atoms with Crippen molar-refractivity contribution in [1.29, 1.82) is 0 Å². The van der Waals surface area contributed by atoms with Gasteiger partial charge in [0.15, 0.2) is 0 Å². The Kier molecular flexibility index (Phi) is 14.5. The largest absolute Gasteiger partial charge is 0.389 e. The predicted octanol–water partition coefficient (Wildman–Crippen LogP) is 6.68. The molecule has 0 aliphatic heterocycles. The highest BCUT2D eigenvalue weighted by molar-refractivity contribution is 8.55. The van der Waals surface area contributed by atoms with E-state index in [2.05, 4.69) is 27.7 Å². The maximum Gasteiger partial charge on any atom is 0.389 e. The van der Waals surface area contributed by atoms with Crippen LogP contribution in [0.25, 0.3) is 0 Å². The van der Waals surface area contributed by atoms with Gasteiger partial charge in [-0.3, -0.25) is 0 Å². The molecule has 0 fully saturated rings. The first-order chi connectivity index (χ1) is 10.0. The van der Waals surface area contributed by atoms with Crippen LogP contribution in [0.2, 0.25) is 0 Å². The van der Waals surface area contributed by atoms with Crippen molar-refractivity contribution in [2.45, 2.75) is 79.1 Å². The monoisotopic (exact) mass is 338 g/mol. The van der Waals surface area contributed by atoms with Gasteiger partial charge in [-0.1, -0.05) is 66.2 Å².